The number of hydrogen-bond acceptors (Lipinski definition) is 2. The third kappa shape index (κ3) is 6.03. The standard InChI is InChI=1S/C31H42N2O2S.C2H6/c1-4-7-23(2)31(3,25-8-5-6-9-25)26-17-20-32(21-18-26)30(34)24-16-19-33(22-24)27-10-12-28(13-11-27)36(35)29-14-15-29;1-2/h4,7,10-13,16,19,22-23,25-26,29H,5-6,8-9,14-15,17-18,20-21H2,1-3H3;1-2H3/b7-4-;. The van der Waals surface area contributed by atoms with Crippen molar-refractivity contribution in [2.75, 3.05) is 13.1 Å². The summed E-state index contributed by atoms with van der Waals surface area (Å²) in [6.07, 6.45) is 18.4. The molecule has 2 aromatic rings. The fraction of sp³-hybridized carbons (Fsp3) is 0.606. The van der Waals surface area contributed by atoms with Crippen molar-refractivity contribution < 1.29 is 9.00 Å². The van der Waals surface area contributed by atoms with Gasteiger partial charge in [-0.1, -0.05) is 52.7 Å². The molecule has 1 amide bonds. The van der Waals surface area contributed by atoms with Gasteiger partial charge in [0.2, 0.25) is 0 Å². The summed E-state index contributed by atoms with van der Waals surface area (Å²) in [5, 5.41) is 0.346. The van der Waals surface area contributed by atoms with Crippen LogP contribution in [0.3, 0.4) is 0 Å². The highest BCUT2D eigenvalue weighted by molar-refractivity contribution is 7.86. The zero-order chi connectivity index (χ0) is 27.3. The van der Waals surface area contributed by atoms with Crippen LogP contribution in [0.4, 0.5) is 0 Å². The molecule has 3 unspecified atom stereocenters. The summed E-state index contributed by atoms with van der Waals surface area (Å²) in [5.74, 6) is 2.18. The molecule has 208 valence electrons. The Bertz CT molecular complexity index is 1100. The molecule has 38 heavy (non-hydrogen) atoms. The van der Waals surface area contributed by atoms with Gasteiger partial charge in [-0.2, -0.15) is 0 Å². The number of aromatic nitrogens is 1. The lowest BCUT2D eigenvalue weighted by Crippen LogP contribution is -2.47. The first-order valence-corrected chi connectivity index (χ1v) is 16.2. The van der Waals surface area contributed by atoms with Gasteiger partial charge in [-0.3, -0.25) is 9.00 Å². The molecule has 3 fully saturated rings. The lowest BCUT2D eigenvalue weighted by molar-refractivity contribution is 0.00958. The minimum absolute atomic E-state index is 0.141. The van der Waals surface area contributed by atoms with Gasteiger partial charge >= 0.3 is 0 Å². The number of amides is 1. The van der Waals surface area contributed by atoms with E-state index in [4.69, 9.17) is 0 Å². The van der Waals surface area contributed by atoms with E-state index in [1.54, 1.807) is 0 Å². The summed E-state index contributed by atoms with van der Waals surface area (Å²) in [6.45, 7) is 12.8. The molecule has 2 heterocycles. The molecular formula is C33H48N2O2S. The van der Waals surface area contributed by atoms with Crippen molar-refractivity contribution in [1.29, 1.82) is 0 Å². The lowest BCUT2D eigenvalue weighted by atomic mass is 9.58. The maximum atomic E-state index is 13.4. The summed E-state index contributed by atoms with van der Waals surface area (Å²) in [5.41, 5.74) is 2.06. The summed E-state index contributed by atoms with van der Waals surface area (Å²) in [4.78, 5) is 16.3. The average Bonchev–Trinajstić information content (AvgIpc) is 3.43. The van der Waals surface area contributed by atoms with Crippen LogP contribution < -0.4 is 0 Å². The zero-order valence-electron chi connectivity index (χ0n) is 24.2. The monoisotopic (exact) mass is 536 g/mol. The van der Waals surface area contributed by atoms with Gasteiger partial charge < -0.3 is 9.47 Å². The van der Waals surface area contributed by atoms with Crippen molar-refractivity contribution in [3.63, 3.8) is 0 Å². The molecule has 5 rings (SSSR count). The van der Waals surface area contributed by atoms with Gasteiger partial charge in [0.15, 0.2) is 0 Å². The minimum atomic E-state index is -0.883. The van der Waals surface area contributed by atoms with Crippen molar-refractivity contribution in [3.8, 4) is 5.69 Å². The SMILES string of the molecule is C/C=C\C(C)C(C)(C1CCCC1)C1CCN(C(=O)c2ccn(-c3ccc(S(=O)C4CC4)cc3)c2)CC1.CC. The highest BCUT2D eigenvalue weighted by Gasteiger charge is 2.46. The number of benzene rings is 1. The highest BCUT2D eigenvalue weighted by atomic mass is 32.2. The number of carbonyl (C=O) groups excluding carboxylic acids is 1. The van der Waals surface area contributed by atoms with E-state index in [-0.39, 0.29) is 5.91 Å². The summed E-state index contributed by atoms with van der Waals surface area (Å²) >= 11 is 0. The van der Waals surface area contributed by atoms with Crippen LogP contribution in [0.25, 0.3) is 5.69 Å². The van der Waals surface area contributed by atoms with Gasteiger partial charge in [-0.05, 0) is 98.9 Å². The van der Waals surface area contributed by atoms with Crippen LogP contribution in [0, 0.1) is 23.2 Å². The molecule has 1 aliphatic heterocycles. The van der Waals surface area contributed by atoms with E-state index in [0.29, 0.717) is 22.5 Å². The Labute approximate surface area is 233 Å². The first-order valence-electron chi connectivity index (χ1n) is 15.0. The van der Waals surface area contributed by atoms with Gasteiger partial charge in [0.05, 0.1) is 16.4 Å². The van der Waals surface area contributed by atoms with Gasteiger partial charge in [0.1, 0.15) is 0 Å². The highest BCUT2D eigenvalue weighted by Crippen LogP contribution is 2.53. The topological polar surface area (TPSA) is 42.3 Å². The van der Waals surface area contributed by atoms with Crippen molar-refractivity contribution in [2.24, 2.45) is 23.2 Å². The van der Waals surface area contributed by atoms with Crippen molar-refractivity contribution in [3.05, 3.63) is 60.4 Å². The van der Waals surface area contributed by atoms with Gasteiger partial charge in [-0.25, -0.2) is 0 Å². The molecule has 3 atom stereocenters. The van der Waals surface area contributed by atoms with Crippen molar-refractivity contribution >= 4 is 16.7 Å². The quantitative estimate of drug-likeness (QED) is 0.320. The lowest BCUT2D eigenvalue weighted by Gasteiger charge is -2.49. The Balaban J connectivity index is 0.00000164. The maximum absolute atomic E-state index is 13.4. The van der Waals surface area contributed by atoms with Gasteiger partial charge in [0, 0.05) is 41.3 Å². The normalized spacial score (nSPS) is 22.1. The summed E-state index contributed by atoms with van der Waals surface area (Å²) in [7, 11) is -0.883. The molecule has 3 aliphatic rings. The van der Waals surface area contributed by atoms with Crippen LogP contribution in [0.2, 0.25) is 0 Å². The number of hydrogen-bond donors (Lipinski definition) is 0. The number of rotatable bonds is 8. The van der Waals surface area contributed by atoms with Crippen molar-refractivity contribution in [2.45, 2.75) is 96.1 Å². The van der Waals surface area contributed by atoms with Crippen LogP contribution >= 0.6 is 0 Å². The number of piperidine rings is 1. The minimum Gasteiger partial charge on any atom is -0.339 e. The van der Waals surface area contributed by atoms with Gasteiger partial charge in [-0.15, -0.1) is 0 Å². The molecule has 2 aliphatic carbocycles. The zero-order valence-corrected chi connectivity index (χ0v) is 25.0. The molecule has 1 aromatic carbocycles. The third-order valence-electron chi connectivity index (χ3n) is 9.49. The predicted octanol–water partition coefficient (Wildman–Crippen LogP) is 8.03. The van der Waals surface area contributed by atoms with E-state index in [9.17, 15) is 9.00 Å². The molecule has 5 heteroatoms. The Morgan fingerprint density at radius 1 is 0.974 bits per heavy atom. The summed E-state index contributed by atoms with van der Waals surface area (Å²) < 4.78 is 14.4. The van der Waals surface area contributed by atoms with Crippen LogP contribution in [0.1, 0.15) is 96.3 Å². The number of nitrogens with zero attached hydrogens (tertiary/aromatic N) is 2. The predicted molar refractivity (Wildman–Crippen MR) is 159 cm³/mol. The molecule has 0 radical (unpaired) electrons. The molecular weight excluding hydrogens is 488 g/mol. The van der Waals surface area contributed by atoms with Crippen LogP contribution in [-0.2, 0) is 10.8 Å². The number of likely N-dealkylation sites (tertiary alicyclic amines) is 1. The average molecular weight is 537 g/mol. The molecule has 0 spiro atoms. The second kappa shape index (κ2) is 12.8. The second-order valence-corrected chi connectivity index (χ2v) is 13.3. The van der Waals surface area contributed by atoms with Gasteiger partial charge in [0.25, 0.3) is 5.91 Å². The maximum Gasteiger partial charge on any atom is 0.255 e. The van der Waals surface area contributed by atoms with E-state index in [2.05, 4.69) is 37.8 Å². The summed E-state index contributed by atoms with van der Waals surface area (Å²) in [6, 6.07) is 9.87. The fourth-order valence-corrected chi connectivity index (χ4v) is 8.27. The second-order valence-electron chi connectivity index (χ2n) is 11.5. The Morgan fingerprint density at radius 2 is 1.58 bits per heavy atom. The van der Waals surface area contributed by atoms with E-state index in [0.717, 1.165) is 60.8 Å². The Hall–Kier alpha value is -2.14. The van der Waals surface area contributed by atoms with E-state index < -0.39 is 10.8 Å². The van der Waals surface area contributed by atoms with Crippen LogP contribution in [0.5, 0.6) is 0 Å². The molecule has 0 N–H and O–H groups in total. The first kappa shape index (κ1) is 28.9. The molecule has 1 saturated heterocycles. The Morgan fingerprint density at radius 3 is 2.16 bits per heavy atom. The van der Waals surface area contributed by atoms with Crippen LogP contribution in [0.15, 0.2) is 59.8 Å². The first-order chi connectivity index (χ1) is 18.4. The van der Waals surface area contributed by atoms with E-state index in [1.807, 2.05) is 61.1 Å². The number of carbonyl (C=O) groups is 1. The Kier molecular flexibility index (Phi) is 9.73. The fourth-order valence-electron chi connectivity index (χ4n) is 6.92. The largest absolute Gasteiger partial charge is 0.339 e. The molecule has 4 nitrogen and oxygen atoms in total. The van der Waals surface area contributed by atoms with E-state index in [1.165, 1.54) is 25.7 Å². The van der Waals surface area contributed by atoms with E-state index >= 15 is 0 Å². The van der Waals surface area contributed by atoms with Crippen LogP contribution in [-0.4, -0.2) is 37.9 Å². The van der Waals surface area contributed by atoms with Crippen molar-refractivity contribution in [1.82, 2.24) is 9.47 Å². The number of allylic oxidation sites excluding steroid dienone is 2. The molecule has 1 aromatic heterocycles. The third-order valence-corrected chi connectivity index (χ3v) is 11.3. The molecule has 2 saturated carbocycles. The smallest absolute Gasteiger partial charge is 0.255 e. The molecule has 0 bridgehead atoms.